The van der Waals surface area contributed by atoms with Gasteiger partial charge in [-0.05, 0) is 28.1 Å². The van der Waals surface area contributed by atoms with Gasteiger partial charge in [0.25, 0.3) is 5.91 Å². The van der Waals surface area contributed by atoms with Crippen LogP contribution in [0.1, 0.15) is 10.5 Å². The Balaban J connectivity index is 2.28. The zero-order chi connectivity index (χ0) is 12.4. The number of hydrogen-bond acceptors (Lipinski definition) is 4. The summed E-state index contributed by atoms with van der Waals surface area (Å²) in [7, 11) is 0. The lowest BCUT2D eigenvalue weighted by Crippen LogP contribution is -2.12. The number of nitrogens with zero attached hydrogens (tertiary/aromatic N) is 2. The summed E-state index contributed by atoms with van der Waals surface area (Å²) < 4.78 is 0.389. The van der Waals surface area contributed by atoms with Crippen LogP contribution in [0.25, 0.3) is 0 Å². The fraction of sp³-hybridized carbons (Fsp3) is 0. The normalized spacial score (nSPS) is 10.2. The van der Waals surface area contributed by atoms with Crippen LogP contribution in [0, 0.1) is 0 Å². The molecule has 88 valence electrons. The smallest absolute Gasteiger partial charge is 0.277 e. The molecule has 2 aromatic rings. The maximum atomic E-state index is 11.6. The van der Waals surface area contributed by atoms with Crippen molar-refractivity contribution in [2.45, 2.75) is 0 Å². The highest BCUT2D eigenvalue weighted by molar-refractivity contribution is 9.10. The van der Waals surface area contributed by atoms with Crippen LogP contribution in [0.3, 0.4) is 0 Å². The summed E-state index contributed by atoms with van der Waals surface area (Å²) in [6.07, 6.45) is 1.27. The van der Waals surface area contributed by atoms with Crippen LogP contribution in [-0.2, 0) is 0 Å². The molecule has 0 aliphatic heterocycles. The molecule has 6 nitrogen and oxygen atoms in total. The molecule has 1 aromatic carbocycles. The highest BCUT2D eigenvalue weighted by atomic mass is 79.9. The number of carbonyl (C=O) groups excluding carboxylic acids is 1. The zero-order valence-corrected chi connectivity index (χ0v) is 10.6. The van der Waals surface area contributed by atoms with E-state index in [-0.39, 0.29) is 17.1 Å². The highest BCUT2D eigenvalue weighted by Crippen LogP contribution is 2.35. The van der Waals surface area contributed by atoms with Crippen LogP contribution in [0.4, 0.5) is 5.69 Å². The molecule has 0 unspecified atom stereocenters. The number of carbonyl (C=O) groups is 1. The third-order valence-electron chi connectivity index (χ3n) is 1.92. The molecule has 8 heteroatoms. The molecule has 1 heterocycles. The van der Waals surface area contributed by atoms with Crippen molar-refractivity contribution in [3.05, 3.63) is 33.5 Å². The van der Waals surface area contributed by atoms with Crippen molar-refractivity contribution in [2.24, 2.45) is 0 Å². The van der Waals surface area contributed by atoms with Gasteiger partial charge in [-0.25, -0.2) is 0 Å². The quantitative estimate of drug-likeness (QED) is 0.740. The monoisotopic (exact) mass is 316 g/mol. The molecule has 0 spiro atoms. The third-order valence-corrected chi connectivity index (χ3v) is 2.75. The molecular formula is C9H6BrClN4O2. The van der Waals surface area contributed by atoms with Gasteiger partial charge in [0.15, 0.2) is 11.4 Å². The first kappa shape index (κ1) is 11.9. The van der Waals surface area contributed by atoms with Gasteiger partial charge in [-0.15, -0.1) is 0 Å². The summed E-state index contributed by atoms with van der Waals surface area (Å²) in [5.41, 5.74) is 0.304. The molecule has 0 fully saturated rings. The molecule has 0 aliphatic rings. The Bertz CT molecular complexity index is 558. The van der Waals surface area contributed by atoms with Crippen LogP contribution < -0.4 is 5.32 Å². The molecule has 0 atom stereocenters. The van der Waals surface area contributed by atoms with E-state index in [0.717, 1.165) is 0 Å². The van der Waals surface area contributed by atoms with Crippen molar-refractivity contribution >= 4 is 39.1 Å². The van der Waals surface area contributed by atoms with Gasteiger partial charge in [-0.1, -0.05) is 11.6 Å². The standard InChI is InChI=1S/C9H6BrClN4O2/c10-5-1-4(11)2-6(8(5)16)13-9(17)7-3-12-15-14-7/h1-3,16H,(H,13,17)(H,12,14,15). The number of halogens is 2. The summed E-state index contributed by atoms with van der Waals surface area (Å²) >= 11 is 8.92. The lowest BCUT2D eigenvalue weighted by molar-refractivity contribution is 0.102. The van der Waals surface area contributed by atoms with E-state index in [1.807, 2.05) is 0 Å². The van der Waals surface area contributed by atoms with Crippen molar-refractivity contribution in [3.63, 3.8) is 0 Å². The van der Waals surface area contributed by atoms with Gasteiger partial charge in [0.2, 0.25) is 0 Å². The first-order valence-corrected chi connectivity index (χ1v) is 5.60. The fourth-order valence-corrected chi connectivity index (χ4v) is 1.97. The van der Waals surface area contributed by atoms with E-state index < -0.39 is 5.91 Å². The summed E-state index contributed by atoms with van der Waals surface area (Å²) in [4.78, 5) is 11.6. The Hall–Kier alpha value is -1.60. The Morgan fingerprint density at radius 3 is 2.94 bits per heavy atom. The predicted molar refractivity (Wildman–Crippen MR) is 65.2 cm³/mol. The van der Waals surface area contributed by atoms with Crippen LogP contribution in [-0.4, -0.2) is 26.4 Å². The number of rotatable bonds is 2. The van der Waals surface area contributed by atoms with Crippen molar-refractivity contribution in [2.75, 3.05) is 5.32 Å². The second-order valence-corrected chi connectivity index (χ2v) is 4.38. The molecule has 0 bridgehead atoms. The molecule has 17 heavy (non-hydrogen) atoms. The second kappa shape index (κ2) is 4.72. The van der Waals surface area contributed by atoms with Crippen molar-refractivity contribution in [1.29, 1.82) is 0 Å². The molecule has 1 aromatic heterocycles. The molecule has 1 amide bonds. The number of amides is 1. The van der Waals surface area contributed by atoms with E-state index in [1.54, 1.807) is 0 Å². The van der Waals surface area contributed by atoms with Crippen LogP contribution >= 0.6 is 27.5 Å². The van der Waals surface area contributed by atoms with E-state index in [9.17, 15) is 9.90 Å². The summed E-state index contributed by atoms with van der Waals surface area (Å²) in [6, 6.07) is 2.95. The average Bonchev–Trinajstić information content (AvgIpc) is 2.78. The van der Waals surface area contributed by atoms with Crippen LogP contribution in [0.5, 0.6) is 5.75 Å². The lowest BCUT2D eigenvalue weighted by atomic mass is 10.3. The Morgan fingerprint density at radius 1 is 1.53 bits per heavy atom. The first-order chi connectivity index (χ1) is 8.08. The SMILES string of the molecule is O=C(Nc1cc(Cl)cc(Br)c1O)c1cn[nH]n1. The summed E-state index contributed by atoms with van der Waals surface area (Å²) in [5.74, 6) is -0.602. The molecular weight excluding hydrogens is 311 g/mol. The first-order valence-electron chi connectivity index (χ1n) is 4.43. The third kappa shape index (κ3) is 2.56. The number of nitrogens with one attached hydrogen (secondary N) is 2. The van der Waals surface area contributed by atoms with Gasteiger partial charge in [-0.2, -0.15) is 15.4 Å². The minimum Gasteiger partial charge on any atom is -0.505 e. The lowest BCUT2D eigenvalue weighted by Gasteiger charge is -2.07. The number of aromatic nitrogens is 3. The number of H-pyrrole nitrogens is 1. The number of phenols is 1. The van der Waals surface area contributed by atoms with Crippen molar-refractivity contribution < 1.29 is 9.90 Å². The van der Waals surface area contributed by atoms with Gasteiger partial charge < -0.3 is 10.4 Å². The zero-order valence-electron chi connectivity index (χ0n) is 8.24. The Labute approximate surface area is 109 Å². The number of phenolic OH excluding ortho intramolecular Hbond substituents is 1. The average molecular weight is 318 g/mol. The van der Waals surface area contributed by atoms with Gasteiger partial charge >= 0.3 is 0 Å². The fourth-order valence-electron chi connectivity index (χ4n) is 1.16. The van der Waals surface area contributed by atoms with Gasteiger partial charge in [0, 0.05) is 5.02 Å². The van der Waals surface area contributed by atoms with Crippen molar-refractivity contribution in [1.82, 2.24) is 15.4 Å². The largest absolute Gasteiger partial charge is 0.505 e. The Morgan fingerprint density at radius 2 is 2.29 bits per heavy atom. The Kier molecular flexibility index (Phi) is 3.30. The van der Waals surface area contributed by atoms with Crippen LogP contribution in [0.15, 0.2) is 22.8 Å². The number of anilines is 1. The minimum absolute atomic E-state index is 0.105. The number of aromatic amines is 1. The summed E-state index contributed by atoms with van der Waals surface area (Å²) in [5, 5.41) is 22.0. The predicted octanol–water partition coefficient (Wildman–Crippen LogP) is 2.18. The molecule has 2 rings (SSSR count). The molecule has 3 N–H and O–H groups in total. The van der Waals surface area contributed by atoms with E-state index >= 15 is 0 Å². The molecule has 0 radical (unpaired) electrons. The maximum Gasteiger partial charge on any atom is 0.277 e. The topological polar surface area (TPSA) is 90.9 Å². The number of hydrogen-bond donors (Lipinski definition) is 3. The molecule has 0 saturated carbocycles. The van der Waals surface area contributed by atoms with E-state index in [0.29, 0.717) is 9.50 Å². The van der Waals surface area contributed by atoms with Gasteiger partial charge in [0.05, 0.1) is 16.4 Å². The number of benzene rings is 1. The van der Waals surface area contributed by atoms with E-state index in [1.165, 1.54) is 18.3 Å². The van der Waals surface area contributed by atoms with Gasteiger partial charge in [0.1, 0.15) is 0 Å². The van der Waals surface area contributed by atoms with Gasteiger partial charge in [-0.3, -0.25) is 4.79 Å². The molecule has 0 saturated heterocycles. The molecule has 0 aliphatic carbocycles. The second-order valence-electron chi connectivity index (χ2n) is 3.09. The summed E-state index contributed by atoms with van der Waals surface area (Å²) in [6.45, 7) is 0. The minimum atomic E-state index is -0.497. The van der Waals surface area contributed by atoms with E-state index in [2.05, 4.69) is 36.7 Å². The highest BCUT2D eigenvalue weighted by Gasteiger charge is 2.13. The maximum absolute atomic E-state index is 11.6. The number of aromatic hydroxyl groups is 1. The van der Waals surface area contributed by atoms with Crippen LogP contribution in [0.2, 0.25) is 5.02 Å². The van der Waals surface area contributed by atoms with Crippen molar-refractivity contribution in [3.8, 4) is 5.75 Å². The van der Waals surface area contributed by atoms with E-state index in [4.69, 9.17) is 11.6 Å².